The van der Waals surface area contributed by atoms with Gasteiger partial charge >= 0.3 is 5.97 Å². The van der Waals surface area contributed by atoms with Gasteiger partial charge in [-0.1, -0.05) is 30.3 Å². The van der Waals surface area contributed by atoms with Gasteiger partial charge in [0.2, 0.25) is 17.7 Å². The lowest BCUT2D eigenvalue weighted by atomic mass is 10.0. The fraction of sp³-hybridized carbons (Fsp3) is 0.409. The molecule has 5 unspecified atom stereocenters. The van der Waals surface area contributed by atoms with Gasteiger partial charge in [0.1, 0.15) is 12.1 Å². The van der Waals surface area contributed by atoms with E-state index in [2.05, 4.69) is 38.5 Å². The van der Waals surface area contributed by atoms with Crippen LogP contribution in [0.15, 0.2) is 42.9 Å². The number of imidazole rings is 1. The van der Waals surface area contributed by atoms with Crippen molar-refractivity contribution in [2.24, 2.45) is 5.73 Å². The van der Waals surface area contributed by atoms with Crippen LogP contribution in [-0.4, -0.2) is 79.9 Å². The van der Waals surface area contributed by atoms with E-state index in [1.807, 2.05) is 0 Å². The third kappa shape index (κ3) is 8.70. The first-order valence-corrected chi connectivity index (χ1v) is 11.4. The molecule has 0 spiro atoms. The second kappa shape index (κ2) is 13.5. The SMILES string of the molecule is CC(O)C(NC(=O)C(Cc1ccccc1)NC(=O)C(CS)NC(=O)C(N)Cc1cnc[nH]1)C(=O)O. The summed E-state index contributed by atoms with van der Waals surface area (Å²) in [5.74, 6) is -3.63. The Morgan fingerprint density at radius 2 is 1.66 bits per heavy atom. The number of nitrogens with one attached hydrogen (secondary N) is 4. The number of carbonyl (C=O) groups excluding carboxylic acids is 3. The molecule has 0 saturated carbocycles. The Hall–Kier alpha value is -3.42. The Bertz CT molecular complexity index is 988. The van der Waals surface area contributed by atoms with Crippen LogP contribution in [0, 0.1) is 0 Å². The minimum Gasteiger partial charge on any atom is -0.480 e. The molecule has 12 nitrogen and oxygen atoms in total. The van der Waals surface area contributed by atoms with Gasteiger partial charge in [0, 0.05) is 30.5 Å². The van der Waals surface area contributed by atoms with E-state index in [0.29, 0.717) is 11.3 Å². The van der Waals surface area contributed by atoms with Gasteiger partial charge in [-0.15, -0.1) is 0 Å². The Balaban J connectivity index is 2.11. The summed E-state index contributed by atoms with van der Waals surface area (Å²) in [7, 11) is 0. The van der Waals surface area contributed by atoms with Crippen molar-refractivity contribution < 1.29 is 29.4 Å². The number of aliphatic hydroxyl groups excluding tert-OH is 1. The van der Waals surface area contributed by atoms with E-state index >= 15 is 0 Å². The van der Waals surface area contributed by atoms with Gasteiger partial charge in [0.05, 0.1) is 18.5 Å². The fourth-order valence-corrected chi connectivity index (χ4v) is 3.43. The molecule has 2 rings (SSSR count). The highest BCUT2D eigenvalue weighted by atomic mass is 32.1. The van der Waals surface area contributed by atoms with Crippen LogP contribution in [0.5, 0.6) is 0 Å². The van der Waals surface area contributed by atoms with Crippen LogP contribution in [-0.2, 0) is 32.0 Å². The third-order valence-corrected chi connectivity index (χ3v) is 5.47. The molecule has 0 aliphatic rings. The average Bonchev–Trinajstić information content (AvgIpc) is 3.33. The summed E-state index contributed by atoms with van der Waals surface area (Å²) >= 11 is 4.13. The number of H-pyrrole nitrogens is 1. The zero-order valence-electron chi connectivity index (χ0n) is 19.0. The number of aliphatic hydroxyl groups is 1. The molecule has 0 fully saturated rings. The average molecular weight is 507 g/mol. The highest BCUT2D eigenvalue weighted by molar-refractivity contribution is 7.80. The molecule has 0 aliphatic carbocycles. The Labute approximate surface area is 207 Å². The highest BCUT2D eigenvalue weighted by Crippen LogP contribution is 2.06. The normalized spacial score (nSPS) is 15.2. The maximum atomic E-state index is 12.9. The first-order valence-electron chi connectivity index (χ1n) is 10.8. The molecule has 2 aromatic rings. The number of nitrogens with zero attached hydrogens (tertiary/aromatic N) is 1. The molecule has 0 bridgehead atoms. The summed E-state index contributed by atoms with van der Waals surface area (Å²) in [6, 6.07) is 3.92. The van der Waals surface area contributed by atoms with Crippen LogP contribution >= 0.6 is 12.6 Å². The number of nitrogens with two attached hydrogens (primary N) is 1. The van der Waals surface area contributed by atoms with E-state index < -0.39 is 54.0 Å². The second-order valence-corrected chi connectivity index (χ2v) is 8.31. The Morgan fingerprint density at radius 3 is 2.20 bits per heavy atom. The number of aliphatic carboxylic acids is 1. The lowest BCUT2D eigenvalue weighted by Gasteiger charge is -2.25. The predicted octanol–water partition coefficient (Wildman–Crippen LogP) is -1.63. The van der Waals surface area contributed by atoms with Crippen molar-refractivity contribution in [1.82, 2.24) is 25.9 Å². The molecule has 0 radical (unpaired) electrons. The maximum absolute atomic E-state index is 12.9. The van der Waals surface area contributed by atoms with Crippen molar-refractivity contribution in [1.29, 1.82) is 0 Å². The van der Waals surface area contributed by atoms with Crippen molar-refractivity contribution in [3.8, 4) is 0 Å². The first-order chi connectivity index (χ1) is 16.6. The molecular weight excluding hydrogens is 476 g/mol. The summed E-state index contributed by atoms with van der Waals surface area (Å²) in [6.07, 6.45) is 1.82. The minimum absolute atomic E-state index is 0.0388. The van der Waals surface area contributed by atoms with E-state index in [-0.39, 0.29) is 18.6 Å². The van der Waals surface area contributed by atoms with Crippen LogP contribution in [0.4, 0.5) is 0 Å². The third-order valence-electron chi connectivity index (χ3n) is 5.11. The minimum atomic E-state index is -1.57. The molecule has 1 heterocycles. The number of aromatic nitrogens is 2. The Morgan fingerprint density at radius 1 is 1.03 bits per heavy atom. The number of benzene rings is 1. The van der Waals surface area contributed by atoms with Gasteiger partial charge in [-0.25, -0.2) is 9.78 Å². The molecule has 3 amide bonds. The molecule has 0 aliphatic heterocycles. The zero-order valence-corrected chi connectivity index (χ0v) is 19.9. The first kappa shape index (κ1) is 27.8. The quantitative estimate of drug-likeness (QED) is 0.148. The van der Waals surface area contributed by atoms with Crippen LogP contribution in [0.3, 0.4) is 0 Å². The summed E-state index contributed by atoms with van der Waals surface area (Å²) in [4.78, 5) is 56.4. The number of hydrogen-bond acceptors (Lipinski definition) is 8. The molecule has 190 valence electrons. The summed E-state index contributed by atoms with van der Waals surface area (Å²) < 4.78 is 0. The molecule has 8 N–H and O–H groups in total. The number of carboxylic acids is 1. The molecule has 5 atom stereocenters. The van der Waals surface area contributed by atoms with Crippen molar-refractivity contribution in [2.45, 2.75) is 50.0 Å². The van der Waals surface area contributed by atoms with Crippen molar-refractivity contribution in [3.05, 3.63) is 54.1 Å². The molecule has 1 aromatic heterocycles. The van der Waals surface area contributed by atoms with E-state index in [9.17, 15) is 29.4 Å². The van der Waals surface area contributed by atoms with Crippen LogP contribution in [0.2, 0.25) is 0 Å². The maximum Gasteiger partial charge on any atom is 0.328 e. The molecule has 0 saturated heterocycles. The topological polar surface area (TPSA) is 200 Å². The van der Waals surface area contributed by atoms with Crippen LogP contribution in [0.25, 0.3) is 0 Å². The van der Waals surface area contributed by atoms with Gasteiger partial charge < -0.3 is 36.9 Å². The van der Waals surface area contributed by atoms with Crippen LogP contribution < -0.4 is 21.7 Å². The monoisotopic (exact) mass is 506 g/mol. The van der Waals surface area contributed by atoms with Gasteiger partial charge in [0.25, 0.3) is 0 Å². The number of carboxylic acid groups (broad SMARTS) is 1. The van der Waals surface area contributed by atoms with Gasteiger partial charge in [-0.05, 0) is 12.5 Å². The molecular formula is C22H30N6O6S. The van der Waals surface area contributed by atoms with Crippen molar-refractivity contribution in [3.63, 3.8) is 0 Å². The van der Waals surface area contributed by atoms with Gasteiger partial charge in [-0.2, -0.15) is 12.6 Å². The summed E-state index contributed by atoms with van der Waals surface area (Å²) in [6.45, 7) is 1.23. The lowest BCUT2D eigenvalue weighted by Crippen LogP contribution is -2.59. The van der Waals surface area contributed by atoms with Gasteiger partial charge in [-0.3, -0.25) is 14.4 Å². The summed E-state index contributed by atoms with van der Waals surface area (Å²) in [5.41, 5.74) is 7.26. The standard InChI is InChI=1S/C22H30N6O6S/c1-12(29)18(22(33)34)28-20(31)16(7-13-5-3-2-4-6-13)26-21(32)17(10-35)27-19(30)15(23)8-14-9-24-11-25-14/h2-6,9,11-12,15-18,29,35H,7-8,10,23H2,1H3,(H,24,25)(H,26,32)(H,27,30)(H,28,31)(H,33,34). The number of thiol groups is 1. The van der Waals surface area contributed by atoms with E-state index in [0.717, 1.165) is 0 Å². The summed E-state index contributed by atoms with van der Waals surface area (Å²) in [5, 5.41) is 26.3. The number of amides is 3. The predicted molar refractivity (Wildman–Crippen MR) is 129 cm³/mol. The fourth-order valence-electron chi connectivity index (χ4n) is 3.17. The zero-order chi connectivity index (χ0) is 26.0. The van der Waals surface area contributed by atoms with E-state index in [4.69, 9.17) is 5.73 Å². The van der Waals surface area contributed by atoms with Crippen molar-refractivity contribution in [2.75, 3.05) is 5.75 Å². The number of aromatic amines is 1. The Kier molecular flexibility index (Phi) is 10.7. The number of hydrogen-bond donors (Lipinski definition) is 8. The lowest BCUT2D eigenvalue weighted by molar-refractivity contribution is -0.145. The smallest absolute Gasteiger partial charge is 0.328 e. The van der Waals surface area contributed by atoms with E-state index in [1.54, 1.807) is 30.3 Å². The highest BCUT2D eigenvalue weighted by Gasteiger charge is 2.31. The van der Waals surface area contributed by atoms with Crippen molar-refractivity contribution >= 4 is 36.3 Å². The van der Waals surface area contributed by atoms with Crippen LogP contribution in [0.1, 0.15) is 18.2 Å². The van der Waals surface area contributed by atoms with Gasteiger partial charge in [0.15, 0.2) is 6.04 Å². The molecule has 35 heavy (non-hydrogen) atoms. The largest absolute Gasteiger partial charge is 0.480 e. The van der Waals surface area contributed by atoms with E-state index in [1.165, 1.54) is 19.4 Å². The number of carbonyl (C=O) groups is 4. The molecule has 13 heteroatoms. The number of rotatable bonds is 13. The molecule has 1 aromatic carbocycles. The second-order valence-electron chi connectivity index (χ2n) is 7.95.